The normalized spacial score (nSPS) is 12.1. The maximum Gasteiger partial charge on any atom is 0.262 e. The van der Waals surface area contributed by atoms with Gasteiger partial charge in [-0.15, -0.1) is 11.3 Å². The van der Waals surface area contributed by atoms with Gasteiger partial charge in [0, 0.05) is 9.90 Å². The number of carbonyl (C=O) groups excluding carboxylic acids is 1. The zero-order valence-corrected chi connectivity index (χ0v) is 18.3. The third-order valence-electron chi connectivity index (χ3n) is 4.75. The summed E-state index contributed by atoms with van der Waals surface area (Å²) in [5.41, 5.74) is 1.21. The van der Waals surface area contributed by atoms with E-state index in [1.54, 1.807) is 18.2 Å². The molecule has 5 nitrogen and oxygen atoms in total. The quantitative estimate of drug-likeness (QED) is 0.398. The minimum absolute atomic E-state index is 0.248. The number of hydrogen-bond acceptors (Lipinski definition) is 4. The molecule has 0 saturated heterocycles. The third kappa shape index (κ3) is 3.99. The highest BCUT2D eigenvalue weighted by Crippen LogP contribution is 2.31. The largest absolute Gasteiger partial charge is 0.323 e. The highest BCUT2D eigenvalue weighted by Gasteiger charge is 2.22. The van der Waals surface area contributed by atoms with Crippen LogP contribution < -0.4 is 10.9 Å². The molecule has 4 aromatic rings. The number of amides is 1. The van der Waals surface area contributed by atoms with E-state index < -0.39 is 6.04 Å². The minimum Gasteiger partial charge on any atom is -0.323 e. The number of halogens is 2. The molecule has 0 bridgehead atoms. The Hall–Kier alpha value is -2.67. The van der Waals surface area contributed by atoms with Crippen molar-refractivity contribution in [3.05, 3.63) is 81.3 Å². The SMILES string of the molecule is CCC(C(=O)Nc1ccc(Cl)cc1Cl)n1cnc2sc(-c3ccccc3)cc2c1=O. The van der Waals surface area contributed by atoms with E-state index in [0.29, 0.717) is 32.4 Å². The number of fused-ring (bicyclic) bond motifs is 1. The molecule has 4 rings (SSSR count). The van der Waals surface area contributed by atoms with Gasteiger partial charge in [-0.25, -0.2) is 4.98 Å². The molecular weight excluding hydrogens is 441 g/mol. The average molecular weight is 458 g/mol. The summed E-state index contributed by atoms with van der Waals surface area (Å²) < 4.78 is 1.38. The number of nitrogens with zero attached hydrogens (tertiary/aromatic N) is 2. The second kappa shape index (κ2) is 8.60. The van der Waals surface area contributed by atoms with Crippen molar-refractivity contribution in [3.8, 4) is 10.4 Å². The molecule has 30 heavy (non-hydrogen) atoms. The highest BCUT2D eigenvalue weighted by molar-refractivity contribution is 7.21. The second-order valence-corrected chi connectivity index (χ2v) is 8.56. The molecule has 152 valence electrons. The molecule has 8 heteroatoms. The Labute approximate surface area is 186 Å². The Bertz CT molecular complexity index is 1280. The Kier molecular flexibility index (Phi) is 5.90. The molecule has 0 fully saturated rings. The molecule has 0 aliphatic carbocycles. The number of nitrogens with one attached hydrogen (secondary N) is 1. The smallest absolute Gasteiger partial charge is 0.262 e. The van der Waals surface area contributed by atoms with Crippen LogP contribution in [-0.2, 0) is 4.79 Å². The Morgan fingerprint density at radius 1 is 1.17 bits per heavy atom. The van der Waals surface area contributed by atoms with Crippen LogP contribution >= 0.6 is 34.5 Å². The van der Waals surface area contributed by atoms with Crippen LogP contribution in [-0.4, -0.2) is 15.5 Å². The van der Waals surface area contributed by atoms with Crippen LogP contribution in [0.3, 0.4) is 0 Å². The van der Waals surface area contributed by atoms with Crippen molar-refractivity contribution in [2.24, 2.45) is 0 Å². The molecular formula is C22H17Cl2N3O2S. The Morgan fingerprint density at radius 2 is 1.93 bits per heavy atom. The van der Waals surface area contributed by atoms with Gasteiger partial charge in [0.15, 0.2) is 0 Å². The van der Waals surface area contributed by atoms with Gasteiger partial charge in [-0.05, 0) is 36.2 Å². The molecule has 0 spiro atoms. The van der Waals surface area contributed by atoms with Gasteiger partial charge in [-0.3, -0.25) is 14.2 Å². The monoisotopic (exact) mass is 457 g/mol. The fourth-order valence-electron chi connectivity index (χ4n) is 3.22. The van der Waals surface area contributed by atoms with E-state index in [1.807, 2.05) is 43.3 Å². The second-order valence-electron chi connectivity index (χ2n) is 6.69. The minimum atomic E-state index is -0.721. The van der Waals surface area contributed by atoms with Crippen molar-refractivity contribution in [1.82, 2.24) is 9.55 Å². The van der Waals surface area contributed by atoms with E-state index >= 15 is 0 Å². The number of aromatic nitrogens is 2. The summed E-state index contributed by atoms with van der Waals surface area (Å²) in [6.07, 6.45) is 1.85. The first-order chi connectivity index (χ1) is 14.5. The maximum atomic E-state index is 13.1. The van der Waals surface area contributed by atoms with Crippen LogP contribution in [0.1, 0.15) is 19.4 Å². The van der Waals surface area contributed by atoms with Crippen LogP contribution in [0, 0.1) is 0 Å². The van der Waals surface area contributed by atoms with Gasteiger partial charge in [0.1, 0.15) is 10.9 Å². The molecule has 1 N–H and O–H groups in total. The molecule has 0 aliphatic rings. The van der Waals surface area contributed by atoms with Gasteiger partial charge in [0.25, 0.3) is 5.56 Å². The van der Waals surface area contributed by atoms with Gasteiger partial charge in [-0.1, -0.05) is 60.5 Å². The zero-order chi connectivity index (χ0) is 21.3. The van der Waals surface area contributed by atoms with Gasteiger partial charge < -0.3 is 5.32 Å². The average Bonchev–Trinajstić information content (AvgIpc) is 3.18. The number of hydrogen-bond donors (Lipinski definition) is 1. The predicted molar refractivity (Wildman–Crippen MR) is 124 cm³/mol. The van der Waals surface area contributed by atoms with E-state index in [4.69, 9.17) is 23.2 Å². The molecule has 2 aromatic carbocycles. The van der Waals surface area contributed by atoms with Crippen molar-refractivity contribution in [3.63, 3.8) is 0 Å². The lowest BCUT2D eigenvalue weighted by molar-refractivity contribution is -0.119. The predicted octanol–water partition coefficient (Wildman–Crippen LogP) is 6.02. The molecule has 0 aliphatic heterocycles. The number of rotatable bonds is 5. The number of thiophene rings is 1. The van der Waals surface area contributed by atoms with Gasteiger partial charge in [-0.2, -0.15) is 0 Å². The summed E-state index contributed by atoms with van der Waals surface area (Å²) in [7, 11) is 0. The van der Waals surface area contributed by atoms with Crippen LogP contribution in [0.4, 0.5) is 5.69 Å². The van der Waals surface area contributed by atoms with E-state index in [2.05, 4.69) is 10.3 Å². The van der Waals surface area contributed by atoms with Gasteiger partial charge in [0.05, 0.1) is 22.4 Å². The molecule has 2 heterocycles. The molecule has 0 radical (unpaired) electrons. The number of carbonyl (C=O) groups is 1. The summed E-state index contributed by atoms with van der Waals surface area (Å²) in [5, 5.41) is 4.08. The summed E-state index contributed by atoms with van der Waals surface area (Å²) in [4.78, 5) is 32.1. The van der Waals surface area contributed by atoms with Crippen LogP contribution in [0.2, 0.25) is 10.0 Å². The van der Waals surface area contributed by atoms with Gasteiger partial charge >= 0.3 is 0 Å². The standard InChI is InChI=1S/C22H17Cl2N3O2S/c1-2-18(20(28)26-17-9-8-14(23)10-16(17)24)27-12-25-21-15(22(27)29)11-19(30-21)13-6-4-3-5-7-13/h3-12,18H,2H2,1H3,(H,26,28). The van der Waals surface area contributed by atoms with Crippen LogP contribution in [0.5, 0.6) is 0 Å². The van der Waals surface area contributed by atoms with Crippen molar-refractivity contribution in [1.29, 1.82) is 0 Å². The summed E-state index contributed by atoms with van der Waals surface area (Å²) in [6.45, 7) is 1.84. The van der Waals surface area contributed by atoms with Crippen molar-refractivity contribution < 1.29 is 4.79 Å². The molecule has 1 unspecified atom stereocenters. The highest BCUT2D eigenvalue weighted by atomic mass is 35.5. The van der Waals surface area contributed by atoms with Crippen molar-refractivity contribution in [2.75, 3.05) is 5.32 Å². The summed E-state index contributed by atoms with van der Waals surface area (Å²) in [5.74, 6) is -0.344. The third-order valence-corrected chi connectivity index (χ3v) is 6.39. The first kappa shape index (κ1) is 20.6. The first-order valence-electron chi connectivity index (χ1n) is 9.30. The lowest BCUT2D eigenvalue weighted by Gasteiger charge is -2.18. The topological polar surface area (TPSA) is 64.0 Å². The van der Waals surface area contributed by atoms with E-state index in [0.717, 1.165) is 10.4 Å². The molecule has 1 amide bonds. The van der Waals surface area contributed by atoms with Crippen molar-refractivity contribution in [2.45, 2.75) is 19.4 Å². The molecule has 1 atom stereocenters. The number of benzene rings is 2. The Morgan fingerprint density at radius 3 is 2.63 bits per heavy atom. The fourth-order valence-corrected chi connectivity index (χ4v) is 4.67. The van der Waals surface area contributed by atoms with Crippen LogP contribution in [0.15, 0.2) is 65.7 Å². The Balaban J connectivity index is 1.69. The summed E-state index contributed by atoms with van der Waals surface area (Å²) in [6, 6.07) is 15.8. The first-order valence-corrected chi connectivity index (χ1v) is 10.9. The van der Waals surface area contributed by atoms with Gasteiger partial charge in [0.2, 0.25) is 5.91 Å². The van der Waals surface area contributed by atoms with Crippen LogP contribution in [0.25, 0.3) is 20.7 Å². The van der Waals surface area contributed by atoms with E-state index in [-0.39, 0.29) is 11.5 Å². The summed E-state index contributed by atoms with van der Waals surface area (Å²) >= 11 is 13.5. The molecule has 0 saturated carbocycles. The number of anilines is 1. The van der Waals surface area contributed by atoms with E-state index in [1.165, 1.54) is 22.2 Å². The fraction of sp³-hybridized carbons (Fsp3) is 0.136. The maximum absolute atomic E-state index is 13.1. The lowest BCUT2D eigenvalue weighted by Crippen LogP contribution is -2.33. The van der Waals surface area contributed by atoms with Crippen molar-refractivity contribution >= 4 is 56.3 Å². The zero-order valence-electron chi connectivity index (χ0n) is 15.9. The molecule has 2 aromatic heterocycles. The van der Waals surface area contributed by atoms with E-state index in [9.17, 15) is 9.59 Å². The lowest BCUT2D eigenvalue weighted by atomic mass is 10.1.